The molecule has 0 bridgehead atoms. The van der Waals surface area contributed by atoms with Crippen LogP contribution in [0.2, 0.25) is 0 Å². The minimum Gasteiger partial charge on any atom is -0.392 e. The maximum Gasteiger partial charge on any atom is 0.243 e. The van der Waals surface area contributed by atoms with E-state index in [1.165, 1.54) is 4.31 Å². The molecule has 1 N–H and O–H groups in total. The molecule has 19 heavy (non-hydrogen) atoms. The highest BCUT2D eigenvalue weighted by Gasteiger charge is 2.27. The van der Waals surface area contributed by atoms with Crippen molar-refractivity contribution in [3.8, 4) is 0 Å². The van der Waals surface area contributed by atoms with Gasteiger partial charge in [-0.25, -0.2) is 8.42 Å². The first-order chi connectivity index (χ1) is 8.88. The lowest BCUT2D eigenvalue weighted by molar-refractivity contribution is 0.281. The fourth-order valence-corrected chi connectivity index (χ4v) is 4.16. The molecule has 0 spiro atoms. The highest BCUT2D eigenvalue weighted by Crippen LogP contribution is 2.24. The minimum atomic E-state index is -3.50. The van der Waals surface area contributed by atoms with Gasteiger partial charge in [0.1, 0.15) is 0 Å². The van der Waals surface area contributed by atoms with Crippen LogP contribution in [0.1, 0.15) is 38.8 Å². The number of benzene rings is 1. The lowest BCUT2D eigenvalue weighted by Crippen LogP contribution is -2.37. The fraction of sp³-hybridized carbons (Fsp3) is 0.571. The summed E-state index contributed by atoms with van der Waals surface area (Å²) in [5.74, 6) is 0. The molecule has 4 nitrogen and oxygen atoms in total. The normalized spacial score (nSPS) is 12.4. The summed E-state index contributed by atoms with van der Waals surface area (Å²) in [5, 5.41) is 9.19. The van der Waals surface area contributed by atoms with E-state index in [0.717, 1.165) is 5.56 Å². The van der Waals surface area contributed by atoms with Gasteiger partial charge in [0.25, 0.3) is 0 Å². The second-order valence-electron chi connectivity index (χ2n) is 4.76. The molecule has 0 aliphatic rings. The molecule has 0 saturated carbocycles. The lowest BCUT2D eigenvalue weighted by atomic mass is 10.1. The molecule has 0 aliphatic carbocycles. The largest absolute Gasteiger partial charge is 0.392 e. The third kappa shape index (κ3) is 3.35. The van der Waals surface area contributed by atoms with Crippen LogP contribution in [-0.2, 0) is 23.1 Å². The number of aliphatic hydroxyl groups excluding tert-OH is 1. The van der Waals surface area contributed by atoms with E-state index in [0.29, 0.717) is 23.4 Å². The van der Waals surface area contributed by atoms with E-state index >= 15 is 0 Å². The molecular formula is C14H23NO3S. The predicted octanol–water partition coefficient (Wildman–Crippen LogP) is 2.16. The van der Waals surface area contributed by atoms with Gasteiger partial charge in [0, 0.05) is 12.6 Å². The average Bonchev–Trinajstić information content (AvgIpc) is 2.37. The summed E-state index contributed by atoms with van der Waals surface area (Å²) < 4.78 is 26.9. The molecule has 0 saturated heterocycles. The molecule has 0 radical (unpaired) electrons. The van der Waals surface area contributed by atoms with Crippen LogP contribution in [0.25, 0.3) is 0 Å². The molecule has 1 aromatic rings. The Morgan fingerprint density at radius 2 is 1.89 bits per heavy atom. The number of aliphatic hydroxyl groups is 1. The van der Waals surface area contributed by atoms with Crippen molar-refractivity contribution in [3.05, 3.63) is 29.3 Å². The standard InChI is InChI=1S/C14H23NO3S/c1-5-13-8-7-12(10-16)9-14(13)19(17,18)15(6-2)11(3)4/h7-9,11,16H,5-6,10H2,1-4H3. The molecule has 0 aromatic heterocycles. The second-order valence-corrected chi connectivity index (χ2v) is 6.61. The molecule has 0 unspecified atom stereocenters. The molecule has 108 valence electrons. The van der Waals surface area contributed by atoms with Gasteiger partial charge in [-0.2, -0.15) is 4.31 Å². The van der Waals surface area contributed by atoms with Crippen molar-refractivity contribution in [2.75, 3.05) is 6.54 Å². The van der Waals surface area contributed by atoms with Crippen LogP contribution >= 0.6 is 0 Å². The average molecular weight is 285 g/mol. The Bertz CT molecular complexity index is 523. The molecular weight excluding hydrogens is 262 g/mol. The SMILES string of the molecule is CCc1ccc(CO)cc1S(=O)(=O)N(CC)C(C)C. The number of sulfonamides is 1. The van der Waals surface area contributed by atoms with Gasteiger partial charge >= 0.3 is 0 Å². The molecule has 1 aromatic carbocycles. The molecule has 0 fully saturated rings. The lowest BCUT2D eigenvalue weighted by Gasteiger charge is -2.25. The van der Waals surface area contributed by atoms with E-state index in [4.69, 9.17) is 0 Å². The molecule has 0 aliphatic heterocycles. The van der Waals surface area contributed by atoms with Gasteiger partial charge in [-0.1, -0.05) is 26.0 Å². The van der Waals surface area contributed by atoms with Crippen molar-refractivity contribution >= 4 is 10.0 Å². The Morgan fingerprint density at radius 3 is 2.32 bits per heavy atom. The topological polar surface area (TPSA) is 57.6 Å². The van der Waals surface area contributed by atoms with Gasteiger partial charge in [0.2, 0.25) is 10.0 Å². The van der Waals surface area contributed by atoms with Crippen molar-refractivity contribution in [1.82, 2.24) is 4.31 Å². The number of hydrogen-bond donors (Lipinski definition) is 1. The first-order valence-electron chi connectivity index (χ1n) is 6.62. The molecule has 0 atom stereocenters. The molecule has 1 rings (SSSR count). The zero-order valence-corrected chi connectivity index (χ0v) is 12.9. The highest BCUT2D eigenvalue weighted by atomic mass is 32.2. The van der Waals surface area contributed by atoms with E-state index in [9.17, 15) is 13.5 Å². The van der Waals surface area contributed by atoms with Gasteiger partial charge in [-0.05, 0) is 37.5 Å². The first-order valence-corrected chi connectivity index (χ1v) is 8.06. The summed E-state index contributed by atoms with van der Waals surface area (Å²) >= 11 is 0. The summed E-state index contributed by atoms with van der Waals surface area (Å²) in [4.78, 5) is 0.317. The van der Waals surface area contributed by atoms with Crippen LogP contribution in [0.4, 0.5) is 0 Å². The van der Waals surface area contributed by atoms with Gasteiger partial charge < -0.3 is 5.11 Å². The van der Waals surface area contributed by atoms with Crippen molar-refractivity contribution in [2.45, 2.75) is 51.7 Å². The Kier molecular flexibility index (Phi) is 5.52. The smallest absolute Gasteiger partial charge is 0.243 e. The van der Waals surface area contributed by atoms with Crippen LogP contribution in [-0.4, -0.2) is 30.4 Å². The number of hydrogen-bond acceptors (Lipinski definition) is 3. The van der Waals surface area contributed by atoms with Crippen LogP contribution < -0.4 is 0 Å². The molecule has 5 heteroatoms. The van der Waals surface area contributed by atoms with E-state index < -0.39 is 10.0 Å². The van der Waals surface area contributed by atoms with E-state index in [1.54, 1.807) is 18.2 Å². The number of rotatable bonds is 6. The van der Waals surface area contributed by atoms with Crippen LogP contribution in [0, 0.1) is 0 Å². The van der Waals surface area contributed by atoms with E-state index in [2.05, 4.69) is 0 Å². The minimum absolute atomic E-state index is 0.0857. The quantitative estimate of drug-likeness (QED) is 0.871. The Balaban J connectivity index is 3.41. The van der Waals surface area contributed by atoms with Gasteiger partial charge in [0.15, 0.2) is 0 Å². The molecule has 0 amide bonds. The summed E-state index contributed by atoms with van der Waals surface area (Å²) in [6.07, 6.45) is 0.649. The maximum atomic E-state index is 12.7. The van der Waals surface area contributed by atoms with Crippen molar-refractivity contribution in [3.63, 3.8) is 0 Å². The summed E-state index contributed by atoms with van der Waals surface area (Å²) in [6, 6.07) is 5.05. The summed E-state index contributed by atoms with van der Waals surface area (Å²) in [7, 11) is -3.50. The van der Waals surface area contributed by atoms with Crippen LogP contribution in [0.5, 0.6) is 0 Å². The zero-order chi connectivity index (χ0) is 14.6. The Labute approximate surface area is 116 Å². The summed E-state index contributed by atoms with van der Waals surface area (Å²) in [5.41, 5.74) is 1.41. The monoisotopic (exact) mass is 285 g/mol. The van der Waals surface area contributed by atoms with E-state index in [1.807, 2.05) is 27.7 Å². The molecule has 0 heterocycles. The summed E-state index contributed by atoms with van der Waals surface area (Å²) in [6.45, 7) is 7.77. The van der Waals surface area contributed by atoms with Crippen molar-refractivity contribution in [1.29, 1.82) is 0 Å². The van der Waals surface area contributed by atoms with Crippen LogP contribution in [0.15, 0.2) is 23.1 Å². The van der Waals surface area contributed by atoms with Gasteiger partial charge in [-0.15, -0.1) is 0 Å². The third-order valence-electron chi connectivity index (χ3n) is 3.17. The Morgan fingerprint density at radius 1 is 1.26 bits per heavy atom. The van der Waals surface area contributed by atoms with E-state index in [-0.39, 0.29) is 12.6 Å². The van der Waals surface area contributed by atoms with Crippen LogP contribution in [0.3, 0.4) is 0 Å². The zero-order valence-electron chi connectivity index (χ0n) is 12.0. The highest BCUT2D eigenvalue weighted by molar-refractivity contribution is 7.89. The first kappa shape index (κ1) is 16.1. The number of nitrogens with zero attached hydrogens (tertiary/aromatic N) is 1. The van der Waals surface area contributed by atoms with Crippen molar-refractivity contribution in [2.24, 2.45) is 0 Å². The second kappa shape index (κ2) is 6.50. The Hall–Kier alpha value is -0.910. The van der Waals surface area contributed by atoms with Crippen molar-refractivity contribution < 1.29 is 13.5 Å². The predicted molar refractivity (Wildman–Crippen MR) is 76.4 cm³/mol. The van der Waals surface area contributed by atoms with Gasteiger partial charge in [-0.3, -0.25) is 0 Å². The maximum absolute atomic E-state index is 12.7. The fourth-order valence-electron chi connectivity index (χ4n) is 2.17. The van der Waals surface area contributed by atoms with Gasteiger partial charge in [0.05, 0.1) is 11.5 Å². The number of aryl methyl sites for hydroxylation is 1. The third-order valence-corrected chi connectivity index (χ3v) is 5.40.